The van der Waals surface area contributed by atoms with E-state index in [2.05, 4.69) is 22.4 Å². The number of aromatic nitrogens is 2. The highest BCUT2D eigenvalue weighted by Crippen LogP contribution is 2.34. The van der Waals surface area contributed by atoms with Crippen molar-refractivity contribution >= 4 is 33.8 Å². The van der Waals surface area contributed by atoms with E-state index < -0.39 is 5.82 Å². The molecule has 0 radical (unpaired) electrons. The summed E-state index contributed by atoms with van der Waals surface area (Å²) in [5.74, 6) is 0.0657. The average Bonchev–Trinajstić information content (AvgIpc) is 2.93. The number of hydrogen-bond acceptors (Lipinski definition) is 5. The third-order valence-corrected chi connectivity index (χ3v) is 6.54. The summed E-state index contributed by atoms with van der Waals surface area (Å²) in [6.45, 7) is 2.20. The summed E-state index contributed by atoms with van der Waals surface area (Å²) in [7, 11) is 0. The van der Waals surface area contributed by atoms with Crippen molar-refractivity contribution in [2.75, 3.05) is 13.1 Å². The van der Waals surface area contributed by atoms with Gasteiger partial charge in [0.1, 0.15) is 18.2 Å². The molecule has 3 aromatic heterocycles. The number of rotatable bonds is 4. The van der Waals surface area contributed by atoms with Crippen molar-refractivity contribution in [3.8, 4) is 11.4 Å². The maximum absolute atomic E-state index is 12.9. The maximum Gasteiger partial charge on any atom is 0.258 e. The van der Waals surface area contributed by atoms with E-state index in [4.69, 9.17) is 4.74 Å². The smallest absolute Gasteiger partial charge is 0.258 e. The lowest BCUT2D eigenvalue weighted by Gasteiger charge is -2.09. The van der Waals surface area contributed by atoms with Crippen LogP contribution in [0.15, 0.2) is 59.7 Å². The van der Waals surface area contributed by atoms with Gasteiger partial charge < -0.3 is 10.1 Å². The van der Waals surface area contributed by atoms with Crippen molar-refractivity contribution in [3.63, 3.8) is 0 Å². The Hall–Kier alpha value is -2.74. The Morgan fingerprint density at radius 3 is 2.81 bits per heavy atom. The van der Waals surface area contributed by atoms with Crippen LogP contribution in [0.1, 0.15) is 16.1 Å². The quantitative estimate of drug-likeness (QED) is 0.497. The number of benzene rings is 1. The van der Waals surface area contributed by atoms with Crippen LogP contribution in [0.2, 0.25) is 0 Å². The number of thiophene rings is 1. The Morgan fingerprint density at radius 1 is 1.13 bits per heavy atom. The van der Waals surface area contributed by atoms with Gasteiger partial charge in [-0.1, -0.05) is 6.07 Å². The van der Waals surface area contributed by atoms with Crippen LogP contribution in [0, 0.1) is 5.82 Å². The van der Waals surface area contributed by atoms with Gasteiger partial charge in [0.25, 0.3) is 5.56 Å². The van der Waals surface area contributed by atoms with Gasteiger partial charge in [0, 0.05) is 21.8 Å². The van der Waals surface area contributed by atoms with Gasteiger partial charge in [-0.15, -0.1) is 23.7 Å². The fraction of sp³-hybridized carbons (Fsp3) is 0.217. The summed E-state index contributed by atoms with van der Waals surface area (Å²) < 4.78 is 21.4. The second-order valence-electron chi connectivity index (χ2n) is 7.26. The SMILES string of the molecule is Cl.O=c1cc(OCc2ccc(F)cn2)ccn1-c1ccc2c3c(sc2c1)CCNCC3. The normalized spacial score (nSPS) is 13.3. The molecular formula is C23H21ClFN3O2S. The number of hydrogen-bond donors (Lipinski definition) is 1. The van der Waals surface area contributed by atoms with Crippen LogP contribution in [0.3, 0.4) is 0 Å². The lowest BCUT2D eigenvalue weighted by atomic mass is 10.1. The first-order valence-electron chi connectivity index (χ1n) is 9.89. The zero-order valence-corrected chi connectivity index (χ0v) is 18.3. The molecule has 1 aliphatic rings. The van der Waals surface area contributed by atoms with Crippen molar-refractivity contribution in [1.29, 1.82) is 0 Å². The molecule has 0 saturated carbocycles. The maximum atomic E-state index is 12.9. The number of nitrogens with one attached hydrogen (secondary N) is 1. The first-order valence-corrected chi connectivity index (χ1v) is 10.7. The number of pyridine rings is 2. The minimum atomic E-state index is -0.392. The first-order chi connectivity index (χ1) is 14.7. The third-order valence-electron chi connectivity index (χ3n) is 5.29. The molecule has 0 bridgehead atoms. The Kier molecular flexibility index (Phi) is 6.36. The molecular weight excluding hydrogens is 437 g/mol. The molecule has 160 valence electrons. The predicted molar refractivity (Wildman–Crippen MR) is 123 cm³/mol. The first kappa shape index (κ1) is 21.5. The van der Waals surface area contributed by atoms with Crippen LogP contribution in [-0.2, 0) is 19.4 Å². The van der Waals surface area contributed by atoms with Gasteiger partial charge in [0.2, 0.25) is 0 Å². The summed E-state index contributed by atoms with van der Waals surface area (Å²) in [6, 6.07) is 12.3. The van der Waals surface area contributed by atoms with E-state index in [0.717, 1.165) is 37.8 Å². The van der Waals surface area contributed by atoms with Crippen LogP contribution in [0.5, 0.6) is 5.75 Å². The number of halogens is 2. The lowest BCUT2D eigenvalue weighted by molar-refractivity contribution is 0.300. The molecule has 4 aromatic rings. The van der Waals surface area contributed by atoms with Crippen LogP contribution in [0.4, 0.5) is 4.39 Å². The standard InChI is InChI=1S/C23H20FN3O2S.ClH/c24-15-1-2-16(26-13-15)14-29-18-7-10-27(23(28)12-18)17-3-4-19-20-5-8-25-9-6-21(20)30-22(19)11-17;/h1-4,7,10-13,25H,5-6,8-9,14H2;1H. The summed E-state index contributed by atoms with van der Waals surface area (Å²) in [5, 5.41) is 4.74. The van der Waals surface area contributed by atoms with E-state index >= 15 is 0 Å². The van der Waals surface area contributed by atoms with Gasteiger partial charge in [-0.2, -0.15) is 0 Å². The van der Waals surface area contributed by atoms with Gasteiger partial charge in [-0.3, -0.25) is 14.3 Å². The van der Waals surface area contributed by atoms with Crippen molar-refractivity contribution < 1.29 is 9.13 Å². The Bertz CT molecular complexity index is 1270. The average molecular weight is 458 g/mol. The fourth-order valence-corrected chi connectivity index (χ4v) is 5.05. The zero-order valence-electron chi connectivity index (χ0n) is 16.6. The molecule has 8 heteroatoms. The zero-order chi connectivity index (χ0) is 20.5. The van der Waals surface area contributed by atoms with Crippen LogP contribution in [-0.4, -0.2) is 22.6 Å². The molecule has 31 heavy (non-hydrogen) atoms. The van der Waals surface area contributed by atoms with E-state index in [0.29, 0.717) is 11.4 Å². The monoisotopic (exact) mass is 457 g/mol. The van der Waals surface area contributed by atoms with Gasteiger partial charge in [0.15, 0.2) is 0 Å². The molecule has 1 aliphatic heterocycles. The number of nitrogens with zero attached hydrogens (tertiary/aromatic N) is 2. The molecule has 4 heterocycles. The largest absolute Gasteiger partial charge is 0.487 e. The summed E-state index contributed by atoms with van der Waals surface area (Å²) >= 11 is 1.82. The molecule has 1 aromatic carbocycles. The second kappa shape index (κ2) is 9.18. The molecule has 0 amide bonds. The van der Waals surface area contributed by atoms with Crippen molar-refractivity contribution in [2.45, 2.75) is 19.4 Å². The van der Waals surface area contributed by atoms with E-state index in [-0.39, 0.29) is 24.6 Å². The minimum Gasteiger partial charge on any atom is -0.487 e. The Labute approximate surface area is 188 Å². The molecule has 5 rings (SSSR count). The van der Waals surface area contributed by atoms with Crippen molar-refractivity contribution in [1.82, 2.24) is 14.9 Å². The highest BCUT2D eigenvalue weighted by molar-refractivity contribution is 7.19. The number of fused-ring (bicyclic) bond motifs is 3. The van der Waals surface area contributed by atoms with Gasteiger partial charge in [-0.25, -0.2) is 4.39 Å². The molecule has 0 unspecified atom stereocenters. The number of ether oxygens (including phenoxy) is 1. The predicted octanol–water partition coefficient (Wildman–Crippen LogP) is 4.28. The molecule has 0 spiro atoms. The van der Waals surface area contributed by atoms with Crippen molar-refractivity contribution in [2.24, 2.45) is 0 Å². The third kappa shape index (κ3) is 4.49. The van der Waals surface area contributed by atoms with E-state index in [9.17, 15) is 9.18 Å². The molecule has 0 saturated heterocycles. The lowest BCUT2D eigenvalue weighted by Crippen LogP contribution is -2.17. The molecule has 0 aliphatic carbocycles. The van der Waals surface area contributed by atoms with E-state index in [1.807, 2.05) is 17.4 Å². The summed E-state index contributed by atoms with van der Waals surface area (Å²) in [5.41, 5.74) is 2.71. The van der Waals surface area contributed by atoms with Gasteiger partial charge in [-0.05, 0) is 67.2 Å². The topological polar surface area (TPSA) is 56.1 Å². The Balaban J connectivity index is 0.00000231. The fourth-order valence-electron chi connectivity index (χ4n) is 3.77. The molecule has 0 atom stereocenters. The highest BCUT2D eigenvalue weighted by atomic mass is 35.5. The Morgan fingerprint density at radius 2 is 2.00 bits per heavy atom. The minimum absolute atomic E-state index is 0. The van der Waals surface area contributed by atoms with E-state index in [1.54, 1.807) is 22.9 Å². The van der Waals surface area contributed by atoms with E-state index in [1.165, 1.54) is 32.7 Å². The van der Waals surface area contributed by atoms with Gasteiger partial charge >= 0.3 is 0 Å². The molecule has 0 fully saturated rings. The summed E-state index contributed by atoms with van der Waals surface area (Å²) in [6.07, 6.45) is 4.97. The summed E-state index contributed by atoms with van der Waals surface area (Å²) in [4.78, 5) is 18.1. The van der Waals surface area contributed by atoms with Crippen LogP contribution >= 0.6 is 23.7 Å². The molecule has 1 N–H and O–H groups in total. The molecule has 5 nitrogen and oxygen atoms in total. The highest BCUT2D eigenvalue weighted by Gasteiger charge is 2.15. The second-order valence-corrected chi connectivity index (χ2v) is 8.40. The van der Waals surface area contributed by atoms with Gasteiger partial charge in [0.05, 0.1) is 17.6 Å². The van der Waals surface area contributed by atoms with Crippen LogP contribution in [0.25, 0.3) is 15.8 Å². The van der Waals surface area contributed by atoms with Crippen molar-refractivity contribution in [3.05, 3.63) is 87.2 Å². The van der Waals surface area contributed by atoms with Crippen LogP contribution < -0.4 is 15.6 Å².